The Labute approximate surface area is 341 Å². The summed E-state index contributed by atoms with van der Waals surface area (Å²) in [5, 5.41) is 3.44. The number of nitrogens with zero attached hydrogens (tertiary/aromatic N) is 4. The van der Waals surface area contributed by atoms with E-state index in [1.807, 2.05) is 69.0 Å². The van der Waals surface area contributed by atoms with Crippen LogP contribution in [0.2, 0.25) is 0 Å². The fraction of sp³-hybridized carbons (Fsp3) is 0.442. The van der Waals surface area contributed by atoms with E-state index in [0.717, 1.165) is 53.5 Å². The first-order valence-electron chi connectivity index (χ1n) is 20.2. The number of hydroxylamine groups is 1. The Morgan fingerprint density at radius 3 is 2.02 bits per heavy atom. The Morgan fingerprint density at radius 1 is 0.831 bits per heavy atom. The average Bonchev–Trinajstić information content (AvgIpc) is 4.07. The molecule has 4 N–H and O–H groups in total. The number of likely N-dealkylation sites (tertiary alicyclic amines) is 2. The summed E-state index contributed by atoms with van der Waals surface area (Å²) in [4.78, 5) is 77.8. The number of imidazole rings is 2. The van der Waals surface area contributed by atoms with Crippen LogP contribution < -0.4 is 21.2 Å². The van der Waals surface area contributed by atoms with Gasteiger partial charge in [-0.2, -0.15) is 5.48 Å². The molecule has 0 bridgehead atoms. The minimum absolute atomic E-state index is 0.0185. The summed E-state index contributed by atoms with van der Waals surface area (Å²) in [5.74, 6) is 1.61. The highest BCUT2D eigenvalue weighted by Gasteiger charge is 2.39. The highest BCUT2D eigenvalue weighted by molar-refractivity contribution is 5.92. The number of benzene rings is 2. The van der Waals surface area contributed by atoms with Gasteiger partial charge < -0.3 is 43.8 Å². The Hall–Kier alpha value is -6.00. The smallest absolute Gasteiger partial charge is 0.407 e. The second-order valence-electron chi connectivity index (χ2n) is 16.1. The van der Waals surface area contributed by atoms with Gasteiger partial charge in [-0.3, -0.25) is 9.59 Å². The average molecular weight is 807 g/mol. The number of carbonyl (C=O) groups excluding carboxylic acids is 3. The van der Waals surface area contributed by atoms with Gasteiger partial charge in [0.2, 0.25) is 11.8 Å². The topological polar surface area (TPSA) is 197 Å². The zero-order valence-electron chi connectivity index (χ0n) is 34.1. The van der Waals surface area contributed by atoms with Gasteiger partial charge in [-0.15, -0.1) is 0 Å². The summed E-state index contributed by atoms with van der Waals surface area (Å²) >= 11 is 0. The second kappa shape index (κ2) is 16.3. The number of methoxy groups -OCH3 is 1. The molecule has 59 heavy (non-hydrogen) atoms. The molecule has 2 aromatic carbocycles. The lowest BCUT2D eigenvalue weighted by molar-refractivity contribution is -0.140. The molecule has 16 heteroatoms. The Balaban J connectivity index is 1.01. The van der Waals surface area contributed by atoms with E-state index in [9.17, 15) is 19.2 Å². The fourth-order valence-corrected chi connectivity index (χ4v) is 8.61. The van der Waals surface area contributed by atoms with E-state index in [-0.39, 0.29) is 42.3 Å². The van der Waals surface area contributed by atoms with Crippen molar-refractivity contribution in [3.8, 4) is 39.4 Å². The van der Waals surface area contributed by atoms with Crippen LogP contribution >= 0.6 is 0 Å². The molecule has 0 radical (unpaired) electrons. The van der Waals surface area contributed by atoms with Crippen LogP contribution in [-0.4, -0.2) is 87.0 Å². The molecule has 4 atom stereocenters. The molecule has 8 rings (SSSR count). The lowest BCUT2D eigenvalue weighted by Crippen LogP contribution is -2.51. The summed E-state index contributed by atoms with van der Waals surface area (Å²) in [5.41, 5.74) is 7.73. The van der Waals surface area contributed by atoms with Gasteiger partial charge in [0.25, 0.3) is 0 Å². The predicted molar refractivity (Wildman–Crippen MR) is 218 cm³/mol. The van der Waals surface area contributed by atoms with Crippen molar-refractivity contribution < 1.29 is 33.1 Å². The maximum Gasteiger partial charge on any atom is 0.407 e. The van der Waals surface area contributed by atoms with Crippen molar-refractivity contribution in [2.45, 2.75) is 84.2 Å². The molecule has 2 saturated heterocycles. The number of H-pyrrole nitrogens is 2. The van der Waals surface area contributed by atoms with Gasteiger partial charge in [0, 0.05) is 40.7 Å². The SMILES string of the molecule is CON[C@H](C(=O)N1CCC[C@H]1c1ncc(-c2ccc3c(c2)OCc2c-3c(=O)oc3cc(-c4cnc([C@@H]5CCCN5C(=O)[C@@H](NC(=O)OC)C(C)C)[nH]4)ccc23)[nH]1)C(C)C. The number of hydrogen-bond acceptors (Lipinski definition) is 11. The van der Waals surface area contributed by atoms with Crippen LogP contribution in [0.1, 0.15) is 82.7 Å². The van der Waals surface area contributed by atoms with Crippen molar-refractivity contribution in [3.63, 3.8) is 0 Å². The summed E-state index contributed by atoms with van der Waals surface area (Å²) in [6, 6.07) is 9.69. The van der Waals surface area contributed by atoms with Gasteiger partial charge in [-0.1, -0.05) is 45.9 Å². The fourth-order valence-electron chi connectivity index (χ4n) is 8.61. The third kappa shape index (κ3) is 7.46. The third-order valence-electron chi connectivity index (χ3n) is 11.7. The number of carbonyl (C=O) groups is 3. The molecule has 3 amide bonds. The van der Waals surface area contributed by atoms with Gasteiger partial charge in [-0.05, 0) is 55.7 Å². The minimum Gasteiger partial charge on any atom is -0.488 e. The van der Waals surface area contributed by atoms with E-state index in [1.54, 1.807) is 17.3 Å². The summed E-state index contributed by atoms with van der Waals surface area (Å²) in [7, 11) is 2.79. The van der Waals surface area contributed by atoms with Crippen molar-refractivity contribution in [1.82, 2.24) is 40.5 Å². The highest BCUT2D eigenvalue weighted by atomic mass is 16.6. The zero-order valence-corrected chi connectivity index (χ0v) is 34.1. The van der Waals surface area contributed by atoms with Gasteiger partial charge in [0.15, 0.2) is 0 Å². The molecule has 16 nitrogen and oxygen atoms in total. The normalized spacial score (nSPS) is 18.5. The van der Waals surface area contributed by atoms with Crippen molar-refractivity contribution in [1.29, 1.82) is 0 Å². The molecule has 2 fully saturated rings. The number of amides is 3. The number of fused-ring (bicyclic) bond motifs is 5. The van der Waals surface area contributed by atoms with E-state index in [0.29, 0.717) is 52.9 Å². The Kier molecular flexibility index (Phi) is 11.0. The first-order chi connectivity index (χ1) is 28.5. The van der Waals surface area contributed by atoms with Crippen LogP contribution in [0.15, 0.2) is 58.0 Å². The lowest BCUT2D eigenvalue weighted by atomic mass is 9.94. The maximum atomic E-state index is 13.7. The van der Waals surface area contributed by atoms with Gasteiger partial charge >= 0.3 is 11.7 Å². The number of hydrogen-bond donors (Lipinski definition) is 4. The first-order valence-corrected chi connectivity index (χ1v) is 20.2. The number of rotatable bonds is 11. The summed E-state index contributed by atoms with van der Waals surface area (Å²) in [6.07, 6.45) is 6.03. The lowest BCUT2D eigenvalue weighted by Gasteiger charge is -2.30. The van der Waals surface area contributed by atoms with Gasteiger partial charge in [0.05, 0.1) is 55.6 Å². The third-order valence-corrected chi connectivity index (χ3v) is 11.7. The number of nitrogens with one attached hydrogen (secondary N) is 4. The zero-order chi connectivity index (χ0) is 41.5. The summed E-state index contributed by atoms with van der Waals surface area (Å²) < 4.78 is 17.0. The molecule has 3 aliphatic rings. The number of ether oxygens (including phenoxy) is 2. The number of alkyl carbamates (subject to hydrolysis) is 1. The molecule has 5 aromatic rings. The molecule has 6 heterocycles. The molecule has 0 saturated carbocycles. The summed E-state index contributed by atoms with van der Waals surface area (Å²) in [6.45, 7) is 9.09. The molecular weight excluding hydrogens is 757 g/mol. The van der Waals surface area contributed by atoms with Crippen LogP contribution in [0.5, 0.6) is 5.75 Å². The van der Waals surface area contributed by atoms with Crippen molar-refractivity contribution in [3.05, 3.63) is 76.4 Å². The number of aromatic nitrogens is 4. The van der Waals surface area contributed by atoms with Crippen molar-refractivity contribution >= 4 is 28.9 Å². The Bertz CT molecular complexity index is 2450. The van der Waals surface area contributed by atoms with Crippen molar-refractivity contribution in [2.24, 2.45) is 11.8 Å². The molecule has 310 valence electrons. The van der Waals surface area contributed by atoms with E-state index >= 15 is 0 Å². The largest absolute Gasteiger partial charge is 0.488 e. The first kappa shape index (κ1) is 39.8. The molecule has 0 spiro atoms. The highest BCUT2D eigenvalue weighted by Crippen LogP contribution is 2.42. The molecule has 0 aliphatic carbocycles. The number of aromatic amines is 2. The minimum atomic E-state index is -0.732. The molecular formula is C43H50N8O8. The van der Waals surface area contributed by atoms with Gasteiger partial charge in [-0.25, -0.2) is 19.6 Å². The van der Waals surface area contributed by atoms with Gasteiger partial charge in [0.1, 0.15) is 41.7 Å². The predicted octanol–water partition coefficient (Wildman–Crippen LogP) is 6.02. The maximum absolute atomic E-state index is 13.7. The second-order valence-corrected chi connectivity index (χ2v) is 16.1. The van der Waals surface area contributed by atoms with Crippen LogP contribution in [0.3, 0.4) is 0 Å². The molecule has 0 unspecified atom stereocenters. The van der Waals surface area contributed by atoms with Crippen LogP contribution in [-0.2, 0) is 25.8 Å². The van der Waals surface area contributed by atoms with Crippen LogP contribution in [0.4, 0.5) is 4.79 Å². The molecule has 3 aliphatic heterocycles. The standard InChI is InChI=1S/C43H50N8O8/c1-22(2)36(48-43(55)56-5)40(52)50-15-7-9-31(50)38-45-20-30(47-38)25-11-13-26-28-21-58-33-17-24(12-14-27(33)35(28)42(54)59-34(26)18-25)29-19-44-39(46-29)32-10-8-16-51(32)41(53)37(23(3)4)49-57-6/h11-14,17-20,22-23,31-32,36-37,49H,7-10,15-16,21H2,1-6H3,(H,44,46)(H,45,47)(H,48,55)/t31-,32-,36-,37-/m0/s1. The van der Waals surface area contributed by atoms with Crippen LogP contribution in [0.25, 0.3) is 44.6 Å². The van der Waals surface area contributed by atoms with E-state index in [4.69, 9.17) is 23.7 Å². The van der Waals surface area contributed by atoms with Crippen molar-refractivity contribution in [2.75, 3.05) is 27.3 Å². The van der Waals surface area contributed by atoms with E-state index < -0.39 is 23.8 Å². The van der Waals surface area contributed by atoms with E-state index in [2.05, 4.69) is 25.7 Å². The monoisotopic (exact) mass is 806 g/mol. The quantitative estimate of drug-likeness (QED) is 0.0901. The Morgan fingerprint density at radius 2 is 1.42 bits per heavy atom. The van der Waals surface area contributed by atoms with E-state index in [1.165, 1.54) is 14.2 Å². The molecule has 3 aromatic heterocycles. The van der Waals surface area contributed by atoms with Crippen LogP contribution in [0, 0.1) is 11.8 Å².